The zero-order valence-corrected chi connectivity index (χ0v) is 21.6. The fourth-order valence-electron chi connectivity index (χ4n) is 3.97. The fraction of sp³-hybridized carbons (Fsp3) is 0.440. The van der Waals surface area contributed by atoms with Crippen molar-refractivity contribution in [3.63, 3.8) is 0 Å². The first-order valence-electron chi connectivity index (χ1n) is 12.5. The maximum absolute atomic E-state index is 13.2. The summed E-state index contributed by atoms with van der Waals surface area (Å²) in [6.45, 7) is 0.291. The predicted octanol–water partition coefficient (Wildman–Crippen LogP) is -1.34. The van der Waals surface area contributed by atoms with Gasteiger partial charge in [-0.15, -0.1) is 0 Å². The highest BCUT2D eigenvalue weighted by Gasteiger charge is 2.32. The summed E-state index contributed by atoms with van der Waals surface area (Å²) in [6.07, 6.45) is 0.831. The number of amides is 3. The summed E-state index contributed by atoms with van der Waals surface area (Å²) in [5.74, 6) is -7.10. The van der Waals surface area contributed by atoms with Crippen LogP contribution in [0.25, 0.3) is 10.9 Å². The van der Waals surface area contributed by atoms with E-state index in [0.717, 1.165) is 10.9 Å². The number of fused-ring (bicyclic) bond motifs is 1. The number of hydrogen-bond donors (Lipinski definition) is 9. The Morgan fingerprint density at radius 1 is 0.800 bits per heavy atom. The van der Waals surface area contributed by atoms with Crippen LogP contribution in [0.2, 0.25) is 0 Å². The minimum absolute atomic E-state index is 0.0421. The molecule has 15 heteroatoms. The number of hydrogen-bond acceptors (Lipinski definition) is 8. The van der Waals surface area contributed by atoms with E-state index in [1.807, 2.05) is 12.1 Å². The van der Waals surface area contributed by atoms with Crippen molar-refractivity contribution in [3.8, 4) is 0 Å². The van der Waals surface area contributed by atoms with E-state index >= 15 is 0 Å². The van der Waals surface area contributed by atoms with E-state index in [0.29, 0.717) is 24.9 Å². The molecule has 2 rings (SSSR count). The second-order valence-corrected chi connectivity index (χ2v) is 9.17. The number of carbonyl (C=O) groups excluding carboxylic acids is 3. The molecule has 0 bridgehead atoms. The Hall–Kier alpha value is -4.50. The van der Waals surface area contributed by atoms with Gasteiger partial charge in [0.15, 0.2) is 0 Å². The van der Waals surface area contributed by atoms with Crippen LogP contribution < -0.4 is 27.4 Å². The molecule has 218 valence electrons. The molecule has 0 saturated carbocycles. The molecule has 0 radical (unpaired) electrons. The lowest BCUT2D eigenvalue weighted by Gasteiger charge is -2.24. The number of para-hydroxylation sites is 1. The first kappa shape index (κ1) is 31.7. The largest absolute Gasteiger partial charge is 0.481 e. The number of aromatic nitrogens is 1. The third kappa shape index (κ3) is 9.67. The van der Waals surface area contributed by atoms with Crippen LogP contribution in [0.3, 0.4) is 0 Å². The van der Waals surface area contributed by atoms with Crippen molar-refractivity contribution < 1.29 is 44.1 Å². The number of carboxylic acid groups (broad SMARTS) is 3. The number of rotatable bonds is 17. The molecular formula is C25H34N6O9. The maximum atomic E-state index is 13.2. The lowest BCUT2D eigenvalue weighted by Crippen LogP contribution is -2.57. The van der Waals surface area contributed by atoms with Crippen LogP contribution in [-0.2, 0) is 35.2 Å². The lowest BCUT2D eigenvalue weighted by molar-refractivity contribution is -0.143. The summed E-state index contributed by atoms with van der Waals surface area (Å²) < 4.78 is 0. The molecule has 1 aromatic carbocycles. The molecule has 40 heavy (non-hydrogen) atoms. The minimum Gasteiger partial charge on any atom is -0.481 e. The zero-order chi connectivity index (χ0) is 29.8. The number of benzene rings is 1. The molecule has 15 nitrogen and oxygen atoms in total. The first-order chi connectivity index (χ1) is 18.9. The van der Waals surface area contributed by atoms with Crippen molar-refractivity contribution in [3.05, 3.63) is 36.0 Å². The Kier molecular flexibility index (Phi) is 12.0. The van der Waals surface area contributed by atoms with Crippen LogP contribution in [0.5, 0.6) is 0 Å². The lowest BCUT2D eigenvalue weighted by atomic mass is 10.0. The zero-order valence-electron chi connectivity index (χ0n) is 21.6. The second kappa shape index (κ2) is 15.2. The Morgan fingerprint density at radius 3 is 2.02 bits per heavy atom. The van der Waals surface area contributed by atoms with Crippen LogP contribution in [-0.4, -0.2) is 86.6 Å². The van der Waals surface area contributed by atoms with E-state index in [2.05, 4.69) is 20.9 Å². The Labute approximate surface area is 228 Å². The molecule has 11 N–H and O–H groups in total. The van der Waals surface area contributed by atoms with Crippen LogP contribution in [0.4, 0.5) is 0 Å². The number of aromatic amines is 1. The first-order valence-corrected chi connectivity index (χ1v) is 12.5. The second-order valence-electron chi connectivity index (χ2n) is 9.17. The van der Waals surface area contributed by atoms with Crippen molar-refractivity contribution in [2.24, 2.45) is 11.5 Å². The van der Waals surface area contributed by atoms with E-state index in [4.69, 9.17) is 16.6 Å². The summed E-state index contributed by atoms with van der Waals surface area (Å²) in [5, 5.41) is 35.5. The smallest absolute Gasteiger partial charge is 0.326 e. The quantitative estimate of drug-likeness (QED) is 0.102. The Balaban J connectivity index is 2.19. The van der Waals surface area contributed by atoms with E-state index in [9.17, 15) is 39.0 Å². The van der Waals surface area contributed by atoms with Crippen LogP contribution in [0, 0.1) is 0 Å². The highest BCUT2D eigenvalue weighted by atomic mass is 16.4. The monoisotopic (exact) mass is 562 g/mol. The number of nitrogens with two attached hydrogens (primary N) is 2. The summed E-state index contributed by atoms with van der Waals surface area (Å²) in [6, 6.07) is 1.34. The van der Waals surface area contributed by atoms with Crippen LogP contribution in [0.15, 0.2) is 30.5 Å². The normalized spacial score (nSPS) is 13.9. The molecule has 0 aliphatic carbocycles. The van der Waals surface area contributed by atoms with Gasteiger partial charge in [0, 0.05) is 23.5 Å². The molecule has 2 aromatic rings. The van der Waals surface area contributed by atoms with Crippen molar-refractivity contribution in [1.82, 2.24) is 20.9 Å². The summed E-state index contributed by atoms with van der Waals surface area (Å²) in [7, 11) is 0. The highest BCUT2D eigenvalue weighted by Crippen LogP contribution is 2.19. The molecule has 4 atom stereocenters. The van der Waals surface area contributed by atoms with Gasteiger partial charge in [0.05, 0.1) is 18.9 Å². The molecule has 0 saturated heterocycles. The third-order valence-electron chi connectivity index (χ3n) is 6.04. The van der Waals surface area contributed by atoms with Crippen molar-refractivity contribution in [2.75, 3.05) is 6.54 Å². The van der Waals surface area contributed by atoms with Crippen molar-refractivity contribution >= 4 is 46.5 Å². The van der Waals surface area contributed by atoms with Gasteiger partial charge in [-0.1, -0.05) is 18.2 Å². The summed E-state index contributed by atoms with van der Waals surface area (Å²) in [5.41, 5.74) is 12.4. The number of unbranched alkanes of at least 4 members (excludes halogenated alkanes) is 1. The van der Waals surface area contributed by atoms with E-state index in [-0.39, 0.29) is 12.8 Å². The van der Waals surface area contributed by atoms with Gasteiger partial charge in [0.25, 0.3) is 0 Å². The minimum atomic E-state index is -1.68. The number of nitrogens with one attached hydrogen (secondary N) is 4. The van der Waals surface area contributed by atoms with E-state index in [1.165, 1.54) is 0 Å². The van der Waals surface area contributed by atoms with Crippen molar-refractivity contribution in [2.45, 2.75) is 62.7 Å². The fourth-order valence-corrected chi connectivity index (χ4v) is 3.97. The molecule has 1 aromatic heterocycles. The maximum Gasteiger partial charge on any atom is 0.326 e. The van der Waals surface area contributed by atoms with Crippen molar-refractivity contribution in [1.29, 1.82) is 0 Å². The molecular weight excluding hydrogens is 528 g/mol. The van der Waals surface area contributed by atoms with E-state index < -0.39 is 72.6 Å². The standard InChI is InChI=1S/C25H34N6O9/c26-8-4-3-7-17(29-24(38)18(11-21(34)35)30-22(36)15(27)10-20(32)33)23(37)31-19(25(39)40)9-13-12-28-16-6-2-1-5-14(13)16/h1-2,5-6,12,15,17-19,28H,3-4,7-11,26-27H2,(H,29,38)(H,30,36)(H,31,37)(H,32,33)(H,34,35)(H,39,40). The molecule has 0 spiro atoms. The third-order valence-corrected chi connectivity index (χ3v) is 6.04. The van der Waals surface area contributed by atoms with Gasteiger partial charge < -0.3 is 47.7 Å². The molecule has 3 amide bonds. The van der Waals surface area contributed by atoms with Gasteiger partial charge in [0.1, 0.15) is 18.1 Å². The Bertz CT molecular complexity index is 1230. The summed E-state index contributed by atoms with van der Waals surface area (Å²) >= 11 is 0. The van der Waals surface area contributed by atoms with E-state index in [1.54, 1.807) is 18.3 Å². The number of carboxylic acids is 3. The molecule has 0 fully saturated rings. The predicted molar refractivity (Wildman–Crippen MR) is 141 cm³/mol. The average molecular weight is 563 g/mol. The SMILES string of the molecule is NCCCCC(NC(=O)C(CC(=O)O)NC(=O)C(N)CC(=O)O)C(=O)NC(Cc1c[nH]c2ccccc12)C(=O)O. The van der Waals surface area contributed by atoms with Crippen LogP contribution in [0.1, 0.15) is 37.7 Å². The average Bonchev–Trinajstić information content (AvgIpc) is 3.29. The number of carbonyl (C=O) groups is 6. The molecule has 0 aliphatic rings. The number of aliphatic carboxylic acids is 3. The number of H-pyrrole nitrogens is 1. The van der Waals surface area contributed by atoms with Gasteiger partial charge >= 0.3 is 17.9 Å². The molecule has 1 heterocycles. The van der Waals surface area contributed by atoms with Gasteiger partial charge in [-0.25, -0.2) is 4.79 Å². The highest BCUT2D eigenvalue weighted by molar-refractivity contribution is 5.96. The van der Waals surface area contributed by atoms with Gasteiger partial charge in [-0.2, -0.15) is 0 Å². The van der Waals surface area contributed by atoms with Gasteiger partial charge in [-0.05, 0) is 37.4 Å². The van der Waals surface area contributed by atoms with Crippen LogP contribution >= 0.6 is 0 Å². The Morgan fingerprint density at radius 2 is 1.40 bits per heavy atom. The van der Waals surface area contributed by atoms with Gasteiger partial charge in [0.2, 0.25) is 17.7 Å². The van der Waals surface area contributed by atoms with Gasteiger partial charge in [-0.3, -0.25) is 24.0 Å². The summed E-state index contributed by atoms with van der Waals surface area (Å²) in [4.78, 5) is 75.5. The topological polar surface area (TPSA) is 267 Å². The molecule has 4 unspecified atom stereocenters. The molecule has 0 aliphatic heterocycles.